The van der Waals surface area contributed by atoms with Crippen molar-refractivity contribution in [3.05, 3.63) is 65.7 Å². The summed E-state index contributed by atoms with van der Waals surface area (Å²) in [6.07, 6.45) is 0. The summed E-state index contributed by atoms with van der Waals surface area (Å²) in [4.78, 5) is 27.0. The molecule has 2 rings (SSSR count). The molecule has 2 amide bonds. The molecule has 0 saturated carbocycles. The summed E-state index contributed by atoms with van der Waals surface area (Å²) < 4.78 is 0. The minimum absolute atomic E-state index is 0.0597. The first-order valence-electron chi connectivity index (χ1n) is 8.91. The van der Waals surface area contributed by atoms with Crippen LogP contribution in [-0.2, 0) is 10.5 Å². The van der Waals surface area contributed by atoms with E-state index in [0.717, 1.165) is 5.75 Å². The van der Waals surface area contributed by atoms with Crippen LogP contribution in [0, 0.1) is 0 Å². The quantitative estimate of drug-likeness (QED) is 0.748. The van der Waals surface area contributed by atoms with Gasteiger partial charge in [0.05, 0.1) is 16.5 Å². The summed E-state index contributed by atoms with van der Waals surface area (Å²) in [5.74, 6) is 0.622. The molecule has 26 heavy (non-hydrogen) atoms. The average Bonchev–Trinajstić information content (AvgIpc) is 2.68. The lowest BCUT2D eigenvalue weighted by molar-refractivity contribution is -0.115. The second-order valence-electron chi connectivity index (χ2n) is 5.95. The van der Waals surface area contributed by atoms with Crippen LogP contribution in [0.3, 0.4) is 0 Å². The van der Waals surface area contributed by atoms with Crippen LogP contribution in [0.4, 0.5) is 5.69 Å². The van der Waals surface area contributed by atoms with Crippen LogP contribution in [0.2, 0.25) is 0 Å². The minimum Gasteiger partial charge on any atom is -0.339 e. The number of carbonyl (C=O) groups excluding carboxylic acids is 2. The molecule has 1 atom stereocenters. The number of para-hydroxylation sites is 1. The van der Waals surface area contributed by atoms with Crippen molar-refractivity contribution in [1.82, 2.24) is 4.90 Å². The molecule has 0 aromatic heterocycles. The fourth-order valence-corrected chi connectivity index (χ4v) is 3.41. The van der Waals surface area contributed by atoms with E-state index >= 15 is 0 Å². The first-order valence-corrected chi connectivity index (χ1v) is 9.96. The summed E-state index contributed by atoms with van der Waals surface area (Å²) in [6, 6.07) is 17.3. The highest BCUT2D eigenvalue weighted by molar-refractivity contribution is 7.99. The van der Waals surface area contributed by atoms with E-state index in [1.165, 1.54) is 5.56 Å². The van der Waals surface area contributed by atoms with Crippen LogP contribution in [0.25, 0.3) is 0 Å². The van der Waals surface area contributed by atoms with Crippen LogP contribution in [0.5, 0.6) is 0 Å². The molecule has 5 heteroatoms. The third-order valence-corrected chi connectivity index (χ3v) is 5.39. The number of hydrogen-bond acceptors (Lipinski definition) is 3. The summed E-state index contributed by atoms with van der Waals surface area (Å²) in [5, 5.41) is 2.71. The lowest BCUT2D eigenvalue weighted by Gasteiger charge is -2.21. The molecular weight excluding hydrogens is 344 g/mol. The monoisotopic (exact) mass is 370 g/mol. The Hall–Kier alpha value is -2.27. The van der Waals surface area contributed by atoms with E-state index in [-0.39, 0.29) is 17.1 Å². The predicted octanol–water partition coefficient (Wildman–Crippen LogP) is 4.43. The minimum atomic E-state index is -0.216. The van der Waals surface area contributed by atoms with Crippen molar-refractivity contribution in [3.63, 3.8) is 0 Å². The normalized spacial score (nSPS) is 11.7. The molecule has 0 aliphatic rings. The van der Waals surface area contributed by atoms with Crippen LogP contribution >= 0.6 is 11.8 Å². The molecule has 0 saturated heterocycles. The summed E-state index contributed by atoms with van der Waals surface area (Å²) in [5.41, 5.74) is 2.29. The van der Waals surface area contributed by atoms with E-state index in [1.54, 1.807) is 28.8 Å². The number of carbonyl (C=O) groups is 2. The van der Waals surface area contributed by atoms with Gasteiger partial charge in [-0.1, -0.05) is 42.5 Å². The second-order valence-corrected chi connectivity index (χ2v) is 7.28. The zero-order valence-corrected chi connectivity index (χ0v) is 16.4. The number of rotatable bonds is 8. The summed E-state index contributed by atoms with van der Waals surface area (Å²) in [7, 11) is 0. The van der Waals surface area contributed by atoms with Crippen molar-refractivity contribution >= 4 is 29.3 Å². The first-order chi connectivity index (χ1) is 12.6. The van der Waals surface area contributed by atoms with Crippen molar-refractivity contribution in [1.29, 1.82) is 0 Å². The molecule has 1 unspecified atom stereocenters. The Morgan fingerprint density at radius 1 is 1.00 bits per heavy atom. The fourth-order valence-electron chi connectivity index (χ4n) is 2.57. The van der Waals surface area contributed by atoms with Gasteiger partial charge in [-0.05, 0) is 38.5 Å². The molecular formula is C21H26N2O2S. The van der Waals surface area contributed by atoms with Gasteiger partial charge in [0, 0.05) is 18.8 Å². The van der Waals surface area contributed by atoms with Gasteiger partial charge < -0.3 is 10.2 Å². The van der Waals surface area contributed by atoms with Gasteiger partial charge in [-0.25, -0.2) is 0 Å². The molecule has 0 spiro atoms. The maximum absolute atomic E-state index is 12.7. The molecule has 0 radical (unpaired) electrons. The maximum atomic E-state index is 12.7. The van der Waals surface area contributed by atoms with Gasteiger partial charge >= 0.3 is 0 Å². The van der Waals surface area contributed by atoms with Gasteiger partial charge in [-0.3, -0.25) is 9.59 Å². The molecule has 0 heterocycles. The second kappa shape index (κ2) is 10.0. The zero-order chi connectivity index (χ0) is 18.9. The highest BCUT2D eigenvalue weighted by Gasteiger charge is 2.19. The lowest BCUT2D eigenvalue weighted by atomic mass is 10.1. The molecule has 0 aliphatic heterocycles. The van der Waals surface area contributed by atoms with Crippen molar-refractivity contribution < 1.29 is 9.59 Å². The van der Waals surface area contributed by atoms with Gasteiger partial charge in [0.2, 0.25) is 5.91 Å². The van der Waals surface area contributed by atoms with E-state index < -0.39 is 0 Å². The van der Waals surface area contributed by atoms with E-state index in [4.69, 9.17) is 0 Å². The Morgan fingerprint density at radius 2 is 1.62 bits per heavy atom. The molecule has 4 nitrogen and oxygen atoms in total. The molecule has 2 aromatic carbocycles. The zero-order valence-electron chi connectivity index (χ0n) is 15.6. The van der Waals surface area contributed by atoms with Gasteiger partial charge in [-0.15, -0.1) is 11.8 Å². The third-order valence-electron chi connectivity index (χ3n) is 4.18. The highest BCUT2D eigenvalue weighted by atomic mass is 32.2. The van der Waals surface area contributed by atoms with Gasteiger partial charge in [0.1, 0.15) is 0 Å². The van der Waals surface area contributed by atoms with E-state index in [1.807, 2.05) is 51.1 Å². The topological polar surface area (TPSA) is 49.4 Å². The first kappa shape index (κ1) is 20.0. The van der Waals surface area contributed by atoms with Crippen LogP contribution in [-0.4, -0.2) is 35.1 Å². The molecule has 0 aliphatic carbocycles. The van der Waals surface area contributed by atoms with Crippen LogP contribution < -0.4 is 5.32 Å². The summed E-state index contributed by atoms with van der Waals surface area (Å²) >= 11 is 1.58. The van der Waals surface area contributed by atoms with Crippen molar-refractivity contribution in [3.8, 4) is 0 Å². The average molecular weight is 371 g/mol. The standard InChI is InChI=1S/C21H26N2O2S/c1-4-23(5-2)21(25)18-13-9-10-14-19(18)22-20(24)16(3)26-15-17-11-7-6-8-12-17/h6-14,16H,4-5,15H2,1-3H3,(H,22,24). The number of benzene rings is 2. The smallest absolute Gasteiger partial charge is 0.255 e. The Morgan fingerprint density at radius 3 is 2.27 bits per heavy atom. The number of nitrogens with one attached hydrogen (secondary N) is 1. The molecule has 138 valence electrons. The molecule has 2 aromatic rings. The SMILES string of the molecule is CCN(CC)C(=O)c1ccccc1NC(=O)C(C)SCc1ccccc1. The number of anilines is 1. The van der Waals surface area contributed by atoms with Crippen LogP contribution in [0.15, 0.2) is 54.6 Å². The number of thioether (sulfide) groups is 1. The highest BCUT2D eigenvalue weighted by Crippen LogP contribution is 2.22. The maximum Gasteiger partial charge on any atom is 0.255 e. The molecule has 0 fully saturated rings. The van der Waals surface area contributed by atoms with Gasteiger partial charge in [0.25, 0.3) is 5.91 Å². The van der Waals surface area contributed by atoms with Crippen molar-refractivity contribution in [2.24, 2.45) is 0 Å². The third kappa shape index (κ3) is 5.36. The Kier molecular flexibility index (Phi) is 7.73. The largest absolute Gasteiger partial charge is 0.339 e. The van der Waals surface area contributed by atoms with E-state index in [0.29, 0.717) is 24.3 Å². The van der Waals surface area contributed by atoms with E-state index in [2.05, 4.69) is 17.4 Å². The van der Waals surface area contributed by atoms with Crippen molar-refractivity contribution in [2.45, 2.75) is 31.8 Å². The molecule has 1 N–H and O–H groups in total. The van der Waals surface area contributed by atoms with E-state index in [9.17, 15) is 9.59 Å². The number of hydrogen-bond donors (Lipinski definition) is 1. The number of amides is 2. The lowest BCUT2D eigenvalue weighted by Crippen LogP contribution is -2.32. The predicted molar refractivity (Wildman–Crippen MR) is 110 cm³/mol. The fraction of sp³-hybridized carbons (Fsp3) is 0.333. The molecule has 0 bridgehead atoms. The summed E-state index contributed by atoms with van der Waals surface area (Å²) in [6.45, 7) is 7.06. The van der Waals surface area contributed by atoms with Gasteiger partial charge in [-0.2, -0.15) is 0 Å². The Bertz CT molecular complexity index is 730. The Labute approximate surface area is 160 Å². The Balaban J connectivity index is 2.03. The number of nitrogens with zero attached hydrogens (tertiary/aromatic N) is 1. The van der Waals surface area contributed by atoms with Crippen molar-refractivity contribution in [2.75, 3.05) is 18.4 Å². The van der Waals surface area contributed by atoms with Gasteiger partial charge in [0.15, 0.2) is 0 Å². The van der Waals surface area contributed by atoms with Crippen LogP contribution in [0.1, 0.15) is 36.7 Å².